The summed E-state index contributed by atoms with van der Waals surface area (Å²) >= 11 is 11.6. The highest BCUT2D eigenvalue weighted by Crippen LogP contribution is 2.28. The van der Waals surface area contributed by atoms with Gasteiger partial charge in [-0.05, 0) is 25.1 Å². The number of ether oxygens (including phenoxy) is 2. The van der Waals surface area contributed by atoms with E-state index in [4.69, 9.17) is 27.9 Å². The number of esters is 1. The summed E-state index contributed by atoms with van der Waals surface area (Å²) in [5, 5.41) is 10.5. The topological polar surface area (TPSA) is 55.8 Å². The molecule has 0 fully saturated rings. The van der Waals surface area contributed by atoms with Gasteiger partial charge in [0.2, 0.25) is 0 Å². The van der Waals surface area contributed by atoms with Crippen molar-refractivity contribution < 1.29 is 19.4 Å². The molecule has 1 rings (SSSR count). The Hall–Kier alpha value is -0.970. The fourth-order valence-electron chi connectivity index (χ4n) is 1.09. The van der Waals surface area contributed by atoms with Crippen LogP contribution in [0.15, 0.2) is 18.2 Å². The first kappa shape index (κ1) is 14.1. The van der Waals surface area contributed by atoms with Gasteiger partial charge in [0.25, 0.3) is 0 Å². The van der Waals surface area contributed by atoms with E-state index in [1.165, 1.54) is 20.1 Å². The van der Waals surface area contributed by atoms with Crippen molar-refractivity contribution in [2.75, 3.05) is 13.7 Å². The molecular weight excluding hydrogens is 267 g/mol. The molecule has 0 aliphatic rings. The maximum atomic E-state index is 11.2. The maximum absolute atomic E-state index is 11.2. The molecule has 1 N–H and O–H groups in total. The van der Waals surface area contributed by atoms with Crippen LogP contribution in [0.2, 0.25) is 10.0 Å². The molecule has 0 aliphatic heterocycles. The van der Waals surface area contributed by atoms with Crippen molar-refractivity contribution in [1.82, 2.24) is 0 Å². The van der Waals surface area contributed by atoms with E-state index >= 15 is 0 Å². The summed E-state index contributed by atoms with van der Waals surface area (Å²) in [6.07, 6.45) is 0. The summed E-state index contributed by atoms with van der Waals surface area (Å²) in [6, 6.07) is 4.65. The second kappa shape index (κ2) is 5.58. The molecule has 4 nitrogen and oxygen atoms in total. The second-order valence-corrected chi connectivity index (χ2v) is 4.47. The van der Waals surface area contributed by atoms with E-state index in [2.05, 4.69) is 4.74 Å². The number of halogens is 2. The molecule has 1 aromatic carbocycles. The van der Waals surface area contributed by atoms with Crippen molar-refractivity contribution in [3.05, 3.63) is 28.2 Å². The maximum Gasteiger partial charge on any atom is 0.341 e. The number of hydrogen-bond donors (Lipinski definition) is 1. The molecule has 1 atom stereocenters. The molecule has 0 aliphatic carbocycles. The third-order valence-corrected chi connectivity index (χ3v) is 2.56. The summed E-state index contributed by atoms with van der Waals surface area (Å²) in [7, 11) is 1.19. The van der Waals surface area contributed by atoms with E-state index < -0.39 is 11.6 Å². The lowest BCUT2D eigenvalue weighted by molar-refractivity contribution is -0.163. The molecule has 0 radical (unpaired) electrons. The first-order valence-corrected chi connectivity index (χ1v) is 5.51. The monoisotopic (exact) mass is 278 g/mol. The number of carbonyl (C=O) groups excluding carboxylic acids is 1. The smallest absolute Gasteiger partial charge is 0.341 e. The molecule has 6 heteroatoms. The van der Waals surface area contributed by atoms with Crippen molar-refractivity contribution in [1.29, 1.82) is 0 Å². The van der Waals surface area contributed by atoms with Crippen molar-refractivity contribution in [2.45, 2.75) is 12.5 Å². The summed E-state index contributed by atoms with van der Waals surface area (Å²) in [6.45, 7) is 1.03. The molecule has 0 saturated carbocycles. The predicted molar refractivity (Wildman–Crippen MR) is 64.6 cm³/mol. The molecule has 0 spiro atoms. The van der Waals surface area contributed by atoms with Crippen molar-refractivity contribution >= 4 is 29.2 Å². The highest BCUT2D eigenvalue weighted by molar-refractivity contribution is 6.35. The van der Waals surface area contributed by atoms with E-state index in [1.807, 2.05) is 0 Å². The van der Waals surface area contributed by atoms with E-state index in [9.17, 15) is 9.90 Å². The minimum atomic E-state index is -1.72. The molecular formula is C11H12Cl2O4. The van der Waals surface area contributed by atoms with Crippen LogP contribution < -0.4 is 4.74 Å². The van der Waals surface area contributed by atoms with Gasteiger partial charge in [-0.2, -0.15) is 0 Å². The molecule has 1 aromatic rings. The quantitative estimate of drug-likeness (QED) is 0.859. The van der Waals surface area contributed by atoms with Gasteiger partial charge >= 0.3 is 5.97 Å². The molecule has 17 heavy (non-hydrogen) atoms. The molecule has 0 bridgehead atoms. The first-order valence-electron chi connectivity index (χ1n) is 4.75. The third kappa shape index (κ3) is 3.77. The average Bonchev–Trinajstić information content (AvgIpc) is 2.26. The van der Waals surface area contributed by atoms with Gasteiger partial charge in [-0.1, -0.05) is 23.2 Å². The lowest BCUT2D eigenvalue weighted by Crippen LogP contribution is -2.42. The van der Waals surface area contributed by atoms with E-state index in [-0.39, 0.29) is 6.61 Å². The first-order chi connectivity index (χ1) is 7.86. The fraction of sp³-hybridized carbons (Fsp3) is 0.364. The minimum absolute atomic E-state index is 0.263. The Morgan fingerprint density at radius 3 is 2.65 bits per heavy atom. The largest absolute Gasteiger partial charge is 0.488 e. The van der Waals surface area contributed by atoms with Crippen molar-refractivity contribution in [3.8, 4) is 5.75 Å². The molecule has 0 saturated heterocycles. The fourth-order valence-corrected chi connectivity index (χ4v) is 1.55. The zero-order valence-corrected chi connectivity index (χ0v) is 10.9. The molecule has 0 aromatic heterocycles. The van der Waals surface area contributed by atoms with Gasteiger partial charge in [-0.25, -0.2) is 4.79 Å². The van der Waals surface area contributed by atoms with Crippen LogP contribution in [-0.4, -0.2) is 30.4 Å². The molecule has 94 valence electrons. The third-order valence-electron chi connectivity index (χ3n) is 2.03. The molecule has 1 unspecified atom stereocenters. The van der Waals surface area contributed by atoms with Crippen LogP contribution in [-0.2, 0) is 9.53 Å². The van der Waals surface area contributed by atoms with Gasteiger partial charge in [0, 0.05) is 5.02 Å². The van der Waals surface area contributed by atoms with E-state index in [0.29, 0.717) is 15.8 Å². The van der Waals surface area contributed by atoms with Crippen LogP contribution in [0.1, 0.15) is 6.92 Å². The SMILES string of the molecule is COC(=O)C(C)(O)COc1ccc(Cl)cc1Cl. The Kier molecular flexibility index (Phi) is 4.62. The summed E-state index contributed by atoms with van der Waals surface area (Å²) in [5.74, 6) is -0.442. The molecule has 0 heterocycles. The zero-order chi connectivity index (χ0) is 13.1. The van der Waals surface area contributed by atoms with Crippen LogP contribution in [0, 0.1) is 0 Å². The summed E-state index contributed by atoms with van der Waals surface area (Å²) in [4.78, 5) is 11.2. The number of carbonyl (C=O) groups is 1. The van der Waals surface area contributed by atoms with Crippen LogP contribution in [0.25, 0.3) is 0 Å². The highest BCUT2D eigenvalue weighted by atomic mass is 35.5. The normalized spacial score (nSPS) is 13.9. The second-order valence-electron chi connectivity index (χ2n) is 3.63. The molecule has 0 amide bonds. The van der Waals surface area contributed by atoms with Gasteiger partial charge in [0.1, 0.15) is 12.4 Å². The van der Waals surface area contributed by atoms with Crippen LogP contribution in [0.5, 0.6) is 5.75 Å². The standard InChI is InChI=1S/C11H12Cl2O4/c1-11(15,10(14)16-2)6-17-9-4-3-7(12)5-8(9)13/h3-5,15H,6H2,1-2H3. The van der Waals surface area contributed by atoms with Crippen LogP contribution >= 0.6 is 23.2 Å². The highest BCUT2D eigenvalue weighted by Gasteiger charge is 2.32. The Labute approximate surface area is 109 Å². The van der Waals surface area contributed by atoms with Crippen molar-refractivity contribution in [3.63, 3.8) is 0 Å². The average molecular weight is 279 g/mol. The van der Waals surface area contributed by atoms with Gasteiger partial charge in [0.05, 0.1) is 12.1 Å². The van der Waals surface area contributed by atoms with Crippen LogP contribution in [0.4, 0.5) is 0 Å². The van der Waals surface area contributed by atoms with Gasteiger partial charge < -0.3 is 14.6 Å². The van der Waals surface area contributed by atoms with Crippen molar-refractivity contribution in [2.24, 2.45) is 0 Å². The van der Waals surface area contributed by atoms with Gasteiger partial charge in [-0.15, -0.1) is 0 Å². The van der Waals surface area contributed by atoms with Gasteiger partial charge in [-0.3, -0.25) is 0 Å². The number of aliphatic hydroxyl groups is 1. The lowest BCUT2D eigenvalue weighted by atomic mass is 10.1. The predicted octanol–water partition coefficient (Wildman–Crippen LogP) is 2.30. The van der Waals surface area contributed by atoms with E-state index in [0.717, 1.165) is 0 Å². The minimum Gasteiger partial charge on any atom is -0.488 e. The zero-order valence-electron chi connectivity index (χ0n) is 9.37. The van der Waals surface area contributed by atoms with Gasteiger partial charge in [0.15, 0.2) is 5.60 Å². The Morgan fingerprint density at radius 2 is 2.12 bits per heavy atom. The number of rotatable bonds is 4. The number of methoxy groups -OCH3 is 1. The Bertz CT molecular complexity index is 418. The van der Waals surface area contributed by atoms with Crippen LogP contribution in [0.3, 0.4) is 0 Å². The summed E-state index contributed by atoms with van der Waals surface area (Å²) in [5.41, 5.74) is -1.72. The number of hydrogen-bond acceptors (Lipinski definition) is 4. The Morgan fingerprint density at radius 1 is 1.47 bits per heavy atom. The van der Waals surface area contributed by atoms with E-state index in [1.54, 1.807) is 12.1 Å². The lowest BCUT2D eigenvalue weighted by Gasteiger charge is -2.20. The summed E-state index contributed by atoms with van der Waals surface area (Å²) < 4.78 is 9.67. The Balaban J connectivity index is 2.70. The number of benzene rings is 1.